The first-order valence-corrected chi connectivity index (χ1v) is 23.8. The molecule has 2 nitrogen and oxygen atoms in total. The van der Waals surface area contributed by atoms with Crippen molar-refractivity contribution in [2.24, 2.45) is 0 Å². The summed E-state index contributed by atoms with van der Waals surface area (Å²) in [5.41, 5.74) is 25.3. The van der Waals surface area contributed by atoms with E-state index in [1.165, 1.54) is 104 Å². The van der Waals surface area contributed by atoms with Crippen LogP contribution in [-0.4, -0.2) is 0 Å². The van der Waals surface area contributed by atoms with E-state index in [0.717, 1.165) is 50.1 Å². The first kappa shape index (κ1) is 38.1. The zero-order chi connectivity index (χ0) is 44.1. The van der Waals surface area contributed by atoms with Crippen LogP contribution in [0.5, 0.6) is 0 Å². The van der Waals surface area contributed by atoms with Gasteiger partial charge in [-0.15, -0.1) is 0 Å². The van der Waals surface area contributed by atoms with Crippen molar-refractivity contribution in [1.82, 2.24) is 0 Å². The molecule has 3 aliphatic carbocycles. The topological polar surface area (TPSA) is 16.4 Å². The Hall–Kier alpha value is -8.20. The fourth-order valence-electron chi connectivity index (χ4n) is 12.1. The molecule has 0 radical (unpaired) electrons. The second kappa shape index (κ2) is 14.9. The van der Waals surface area contributed by atoms with Crippen LogP contribution in [0, 0.1) is 0 Å². The van der Waals surface area contributed by atoms with Gasteiger partial charge >= 0.3 is 0 Å². The van der Waals surface area contributed by atoms with Crippen molar-refractivity contribution in [3.05, 3.63) is 258 Å². The van der Waals surface area contributed by atoms with Crippen LogP contribution >= 0.6 is 0 Å². The van der Waals surface area contributed by atoms with Crippen LogP contribution in [-0.2, 0) is 18.3 Å². The molecule has 11 aromatic rings. The van der Waals surface area contributed by atoms with Gasteiger partial charge in [0.1, 0.15) is 11.2 Å². The molecule has 2 heteroatoms. The van der Waals surface area contributed by atoms with Gasteiger partial charge in [0.2, 0.25) is 0 Å². The highest BCUT2D eigenvalue weighted by Gasteiger charge is 2.52. The predicted octanol–water partition coefficient (Wildman–Crippen LogP) is 17.3. The van der Waals surface area contributed by atoms with Crippen LogP contribution in [0.15, 0.2) is 229 Å². The molecule has 1 aromatic heterocycles. The average Bonchev–Trinajstić information content (AvgIpc) is 4.03. The molecule has 0 saturated heterocycles. The first-order valence-electron chi connectivity index (χ1n) is 23.8. The fraction of sp³-hybridized carbons (Fsp3) is 0.0769. The number of benzene rings is 10. The van der Waals surface area contributed by atoms with Gasteiger partial charge in [-0.2, -0.15) is 0 Å². The van der Waals surface area contributed by atoms with Gasteiger partial charge in [-0.05, 0) is 146 Å². The van der Waals surface area contributed by atoms with Gasteiger partial charge < -0.3 is 9.32 Å². The number of anilines is 3. The van der Waals surface area contributed by atoms with E-state index in [1.54, 1.807) is 0 Å². The standard InChI is InChI=1S/C65H45NO/c1-2-17-48(18-3-1)66(49-37-35-44(36-38-49)50-23-14-24-55-54-22-9-13-28-63(54)67-64(50)55)62-41-61-57(40-56(62)45-32-29-43(30-33-45)47-34-31-42-15-4-5-16-46(42)39-47)53-21-8-12-27-60(53)65(61)58-25-10-6-19-51(58)52-20-7-11-26-59(52)65/h1-3,6-14,17-41H,4-5,15-16H2. The molecular weight excluding hydrogens is 811 g/mol. The number of nitrogens with zero attached hydrogens (tertiary/aromatic N) is 1. The van der Waals surface area contributed by atoms with Crippen LogP contribution in [0.25, 0.3) is 77.6 Å². The molecule has 0 fully saturated rings. The van der Waals surface area contributed by atoms with E-state index in [9.17, 15) is 0 Å². The van der Waals surface area contributed by atoms with Crippen molar-refractivity contribution < 1.29 is 4.42 Å². The summed E-state index contributed by atoms with van der Waals surface area (Å²) in [6, 6.07) is 83.6. The van der Waals surface area contributed by atoms with Crippen molar-refractivity contribution in [3.8, 4) is 55.6 Å². The van der Waals surface area contributed by atoms with Crippen LogP contribution < -0.4 is 4.90 Å². The SMILES string of the molecule is c1ccc(N(c2ccc(-c3cccc4c3oc3ccccc34)cc2)c2cc3c(cc2-c2ccc(-c4ccc5c(c4)CCCC5)cc2)-c2ccccc2C32c3ccccc3-c3ccccc32)cc1. The summed E-state index contributed by atoms with van der Waals surface area (Å²) in [6.45, 7) is 0. The lowest BCUT2D eigenvalue weighted by Gasteiger charge is -2.33. The fourth-order valence-corrected chi connectivity index (χ4v) is 12.1. The highest BCUT2D eigenvalue weighted by molar-refractivity contribution is 6.09. The number of rotatable bonds is 6. The predicted molar refractivity (Wildman–Crippen MR) is 278 cm³/mol. The smallest absolute Gasteiger partial charge is 0.143 e. The molecule has 0 saturated carbocycles. The number of hydrogen-bond donors (Lipinski definition) is 0. The Labute approximate surface area is 391 Å². The maximum atomic E-state index is 6.53. The normalized spacial score (nSPS) is 13.9. The van der Waals surface area contributed by atoms with Gasteiger partial charge in [-0.25, -0.2) is 0 Å². The van der Waals surface area contributed by atoms with Crippen LogP contribution in [0.1, 0.15) is 46.2 Å². The molecule has 14 rings (SSSR count). The number of hydrogen-bond acceptors (Lipinski definition) is 2. The minimum absolute atomic E-state index is 0.486. The Morgan fingerprint density at radius 3 is 1.61 bits per heavy atom. The molecule has 316 valence electrons. The first-order chi connectivity index (χ1) is 33.2. The number of fused-ring (bicyclic) bond motifs is 14. The van der Waals surface area contributed by atoms with Gasteiger partial charge in [-0.3, -0.25) is 0 Å². The average molecular weight is 856 g/mol. The van der Waals surface area contributed by atoms with Gasteiger partial charge in [0.25, 0.3) is 0 Å². The van der Waals surface area contributed by atoms with E-state index in [-0.39, 0.29) is 0 Å². The molecule has 0 N–H and O–H groups in total. The Morgan fingerprint density at radius 2 is 0.881 bits per heavy atom. The number of aryl methyl sites for hydroxylation is 2. The lowest BCUT2D eigenvalue weighted by Crippen LogP contribution is -2.26. The number of furan rings is 1. The second-order valence-corrected chi connectivity index (χ2v) is 18.6. The summed E-state index contributed by atoms with van der Waals surface area (Å²) in [4.78, 5) is 2.47. The molecule has 3 aliphatic rings. The molecular formula is C65H45NO. The quantitative estimate of drug-likeness (QED) is 0.166. The Kier molecular flexibility index (Phi) is 8.48. The van der Waals surface area contributed by atoms with E-state index in [1.807, 2.05) is 6.07 Å². The Bertz CT molecular complexity index is 3700. The maximum absolute atomic E-state index is 6.53. The summed E-state index contributed by atoms with van der Waals surface area (Å²) in [5, 5.41) is 2.27. The summed E-state index contributed by atoms with van der Waals surface area (Å²) in [5.74, 6) is 0. The lowest BCUT2D eigenvalue weighted by atomic mass is 9.70. The van der Waals surface area contributed by atoms with Crippen LogP contribution in [0.4, 0.5) is 17.1 Å². The van der Waals surface area contributed by atoms with Crippen LogP contribution in [0.2, 0.25) is 0 Å². The Balaban J connectivity index is 0.999. The van der Waals surface area contributed by atoms with E-state index in [0.29, 0.717) is 0 Å². The summed E-state index contributed by atoms with van der Waals surface area (Å²) in [7, 11) is 0. The molecule has 67 heavy (non-hydrogen) atoms. The largest absolute Gasteiger partial charge is 0.455 e. The van der Waals surface area contributed by atoms with E-state index < -0.39 is 5.41 Å². The summed E-state index contributed by atoms with van der Waals surface area (Å²) in [6.07, 6.45) is 4.92. The zero-order valence-corrected chi connectivity index (χ0v) is 37.0. The molecule has 0 unspecified atom stereocenters. The molecule has 0 atom stereocenters. The van der Waals surface area contributed by atoms with Crippen molar-refractivity contribution in [3.63, 3.8) is 0 Å². The summed E-state index contributed by atoms with van der Waals surface area (Å²) >= 11 is 0. The highest BCUT2D eigenvalue weighted by atomic mass is 16.3. The second-order valence-electron chi connectivity index (χ2n) is 18.6. The summed E-state index contributed by atoms with van der Waals surface area (Å²) < 4.78 is 6.53. The highest BCUT2D eigenvalue weighted by Crippen LogP contribution is 2.64. The minimum atomic E-state index is -0.486. The van der Waals surface area contributed by atoms with E-state index in [2.05, 4.69) is 223 Å². The van der Waals surface area contributed by atoms with Crippen LogP contribution in [0.3, 0.4) is 0 Å². The molecule has 1 spiro atoms. The van der Waals surface area contributed by atoms with E-state index in [4.69, 9.17) is 4.42 Å². The third kappa shape index (κ3) is 5.69. The third-order valence-electron chi connectivity index (χ3n) is 15.1. The Morgan fingerprint density at radius 1 is 0.343 bits per heavy atom. The van der Waals surface area contributed by atoms with Crippen molar-refractivity contribution >= 4 is 39.0 Å². The molecule has 0 bridgehead atoms. The van der Waals surface area contributed by atoms with Crippen molar-refractivity contribution in [2.45, 2.75) is 31.1 Å². The molecule has 1 heterocycles. The monoisotopic (exact) mass is 855 g/mol. The van der Waals surface area contributed by atoms with Gasteiger partial charge in [0, 0.05) is 33.3 Å². The van der Waals surface area contributed by atoms with Gasteiger partial charge in [0.15, 0.2) is 0 Å². The molecule has 0 amide bonds. The number of para-hydroxylation sites is 3. The lowest BCUT2D eigenvalue weighted by molar-refractivity contribution is 0.670. The molecule has 10 aromatic carbocycles. The van der Waals surface area contributed by atoms with Gasteiger partial charge in [0.05, 0.1) is 11.1 Å². The van der Waals surface area contributed by atoms with Crippen molar-refractivity contribution in [2.75, 3.05) is 4.90 Å². The maximum Gasteiger partial charge on any atom is 0.143 e. The van der Waals surface area contributed by atoms with Gasteiger partial charge in [-0.1, -0.05) is 182 Å². The third-order valence-corrected chi connectivity index (χ3v) is 15.1. The zero-order valence-electron chi connectivity index (χ0n) is 37.0. The van der Waals surface area contributed by atoms with Crippen molar-refractivity contribution in [1.29, 1.82) is 0 Å². The minimum Gasteiger partial charge on any atom is -0.455 e. The van der Waals surface area contributed by atoms with E-state index >= 15 is 0 Å². The molecule has 0 aliphatic heterocycles.